The summed E-state index contributed by atoms with van der Waals surface area (Å²) in [5.41, 5.74) is 11.5. The summed E-state index contributed by atoms with van der Waals surface area (Å²) in [4.78, 5) is 34.3. The number of hydrogen-bond donors (Lipinski definition) is 2. The number of carbonyl (C=O) groups excluding carboxylic acids is 2. The van der Waals surface area contributed by atoms with Crippen molar-refractivity contribution in [3.05, 3.63) is 118 Å². The van der Waals surface area contributed by atoms with E-state index in [-0.39, 0.29) is 32.3 Å². The van der Waals surface area contributed by atoms with Crippen LogP contribution in [0, 0.1) is 0 Å². The Balaban J connectivity index is 1.52. The monoisotopic (exact) mass is 558 g/mol. The molecule has 212 valence electrons. The van der Waals surface area contributed by atoms with Crippen LogP contribution < -0.4 is 5.32 Å². The highest BCUT2D eigenvalue weighted by molar-refractivity contribution is 6.02. The van der Waals surface area contributed by atoms with Crippen LogP contribution in [0.25, 0.3) is 10.4 Å². The van der Waals surface area contributed by atoms with Gasteiger partial charge < -0.3 is 19.3 Å². The van der Waals surface area contributed by atoms with Gasteiger partial charge in [-0.1, -0.05) is 96.1 Å². The Kier molecular flexibility index (Phi) is 10.7. The standard InChI is InChI=1S/C29H30N6O6/c30-34-33-25(17-36)26(39-18-21-10-4-1-5-11-21)24-16-35(29(38)41-20-23-14-8-3-9-15-23)27(31-24)32-28(37)40-19-22-12-6-2-7-13-22/h1-15,24-26,36H,16-20H2,(H,31,32,37)/t24-,25-,26-/m0/s1. The summed E-state index contributed by atoms with van der Waals surface area (Å²) in [6, 6.07) is 25.7. The third kappa shape index (κ3) is 8.54. The zero-order valence-electron chi connectivity index (χ0n) is 22.2. The molecule has 0 saturated heterocycles. The van der Waals surface area contributed by atoms with Crippen molar-refractivity contribution < 1.29 is 28.9 Å². The van der Waals surface area contributed by atoms with Crippen LogP contribution in [0.3, 0.4) is 0 Å². The highest BCUT2D eigenvalue weighted by Gasteiger charge is 2.40. The van der Waals surface area contributed by atoms with Gasteiger partial charge in [-0.15, -0.1) is 0 Å². The van der Waals surface area contributed by atoms with E-state index in [0.717, 1.165) is 21.6 Å². The van der Waals surface area contributed by atoms with Gasteiger partial charge in [-0.05, 0) is 22.2 Å². The molecule has 41 heavy (non-hydrogen) atoms. The molecule has 2 N–H and O–H groups in total. The van der Waals surface area contributed by atoms with Gasteiger partial charge >= 0.3 is 12.2 Å². The van der Waals surface area contributed by atoms with Crippen molar-refractivity contribution in [3.8, 4) is 0 Å². The number of ether oxygens (including phenoxy) is 3. The van der Waals surface area contributed by atoms with E-state index in [4.69, 9.17) is 19.7 Å². The summed E-state index contributed by atoms with van der Waals surface area (Å²) >= 11 is 0. The van der Waals surface area contributed by atoms with Crippen LogP contribution in [0.2, 0.25) is 0 Å². The Morgan fingerprint density at radius 3 is 2.00 bits per heavy atom. The zero-order valence-corrected chi connectivity index (χ0v) is 22.2. The largest absolute Gasteiger partial charge is 0.444 e. The number of amides is 2. The first-order chi connectivity index (χ1) is 20.1. The van der Waals surface area contributed by atoms with Crippen molar-refractivity contribution in [2.45, 2.75) is 38.0 Å². The number of nitrogens with zero attached hydrogens (tertiary/aromatic N) is 5. The van der Waals surface area contributed by atoms with Crippen LogP contribution in [-0.4, -0.2) is 59.5 Å². The quantitative estimate of drug-likeness (QED) is 0.200. The third-order valence-corrected chi connectivity index (χ3v) is 6.20. The van der Waals surface area contributed by atoms with E-state index >= 15 is 0 Å². The number of aliphatic imine (C=N–C) groups is 1. The highest BCUT2D eigenvalue weighted by atomic mass is 16.6. The maximum absolute atomic E-state index is 13.2. The first-order valence-electron chi connectivity index (χ1n) is 12.9. The van der Waals surface area contributed by atoms with Crippen molar-refractivity contribution in [3.63, 3.8) is 0 Å². The van der Waals surface area contributed by atoms with E-state index < -0.39 is 37.0 Å². The van der Waals surface area contributed by atoms with Crippen LogP contribution in [0.1, 0.15) is 16.7 Å². The second kappa shape index (κ2) is 15.0. The number of nitrogens with one attached hydrogen (secondary N) is 1. The molecule has 3 atom stereocenters. The van der Waals surface area contributed by atoms with Crippen molar-refractivity contribution in [1.82, 2.24) is 10.2 Å². The summed E-state index contributed by atoms with van der Waals surface area (Å²) in [6.07, 6.45) is -2.52. The molecule has 0 spiro atoms. The number of azide groups is 1. The first kappa shape index (κ1) is 29.1. The Morgan fingerprint density at radius 1 is 0.927 bits per heavy atom. The number of rotatable bonds is 11. The number of carbonyl (C=O) groups is 2. The molecule has 3 aromatic rings. The molecule has 12 heteroatoms. The van der Waals surface area contributed by atoms with Crippen LogP contribution in [0.15, 0.2) is 101 Å². The van der Waals surface area contributed by atoms with E-state index in [1.165, 1.54) is 0 Å². The van der Waals surface area contributed by atoms with Gasteiger partial charge in [0.1, 0.15) is 13.2 Å². The normalized spacial score (nSPS) is 15.7. The van der Waals surface area contributed by atoms with Crippen LogP contribution in [0.5, 0.6) is 0 Å². The minimum absolute atomic E-state index is 0.00149. The van der Waals surface area contributed by atoms with E-state index in [0.29, 0.717) is 0 Å². The van der Waals surface area contributed by atoms with Crippen molar-refractivity contribution in [2.75, 3.05) is 13.2 Å². The number of guanidine groups is 1. The average molecular weight is 559 g/mol. The molecule has 4 rings (SSSR count). The van der Waals surface area contributed by atoms with Gasteiger partial charge in [0.15, 0.2) is 0 Å². The lowest BCUT2D eigenvalue weighted by atomic mass is 10.0. The molecule has 1 aliphatic rings. The van der Waals surface area contributed by atoms with E-state index in [9.17, 15) is 14.7 Å². The molecule has 2 amide bonds. The minimum Gasteiger partial charge on any atom is -0.444 e. The maximum atomic E-state index is 13.2. The smallest absolute Gasteiger partial charge is 0.417 e. The number of benzene rings is 3. The van der Waals surface area contributed by atoms with Crippen LogP contribution in [-0.2, 0) is 34.0 Å². The summed E-state index contributed by atoms with van der Waals surface area (Å²) in [6.45, 7) is -0.448. The molecule has 0 aromatic heterocycles. The summed E-state index contributed by atoms with van der Waals surface area (Å²) in [7, 11) is 0. The molecular weight excluding hydrogens is 528 g/mol. The molecule has 0 aliphatic carbocycles. The van der Waals surface area contributed by atoms with E-state index in [1.54, 1.807) is 0 Å². The fourth-order valence-corrected chi connectivity index (χ4v) is 4.14. The maximum Gasteiger partial charge on any atom is 0.417 e. The Bertz CT molecular complexity index is 1350. The first-order valence-corrected chi connectivity index (χ1v) is 12.9. The third-order valence-electron chi connectivity index (χ3n) is 6.20. The van der Waals surface area contributed by atoms with Crippen molar-refractivity contribution >= 4 is 18.1 Å². The molecule has 0 fully saturated rings. The SMILES string of the molecule is [N-]=[N+]=N[C@@H](CO)[C@@H](OCc1ccccc1)[C@@H]1CN(C(=O)OCc2ccccc2)C(NC(=O)OCc2ccccc2)=N1. The van der Waals surface area contributed by atoms with Crippen LogP contribution in [0.4, 0.5) is 9.59 Å². The second-order valence-corrected chi connectivity index (χ2v) is 9.07. The van der Waals surface area contributed by atoms with Crippen molar-refractivity contribution in [2.24, 2.45) is 10.1 Å². The Morgan fingerprint density at radius 2 is 1.46 bits per heavy atom. The Labute approximate surface area is 236 Å². The number of alkyl carbamates (subject to hydrolysis) is 1. The molecule has 0 radical (unpaired) electrons. The lowest BCUT2D eigenvalue weighted by Crippen LogP contribution is -2.47. The molecule has 3 aromatic carbocycles. The van der Waals surface area contributed by atoms with Gasteiger partial charge in [0.2, 0.25) is 5.96 Å². The number of aliphatic hydroxyl groups is 1. The van der Waals surface area contributed by atoms with Crippen molar-refractivity contribution in [1.29, 1.82) is 0 Å². The summed E-state index contributed by atoms with van der Waals surface area (Å²) in [5, 5.41) is 16.2. The zero-order chi connectivity index (χ0) is 28.9. The number of aliphatic hydroxyl groups excluding tert-OH is 1. The predicted octanol–water partition coefficient (Wildman–Crippen LogP) is 4.55. The van der Waals surface area contributed by atoms with Gasteiger partial charge in [0, 0.05) is 4.91 Å². The van der Waals surface area contributed by atoms with Gasteiger partial charge in [0.25, 0.3) is 0 Å². The van der Waals surface area contributed by atoms with E-state index in [1.807, 2.05) is 91.0 Å². The van der Waals surface area contributed by atoms with Gasteiger partial charge in [-0.25, -0.2) is 19.5 Å². The van der Waals surface area contributed by atoms with Crippen LogP contribution >= 0.6 is 0 Å². The lowest BCUT2D eigenvalue weighted by Gasteiger charge is -2.27. The molecule has 12 nitrogen and oxygen atoms in total. The fraction of sp³-hybridized carbons (Fsp3) is 0.276. The Hall–Kier alpha value is -4.90. The molecule has 0 saturated carbocycles. The molecule has 1 aliphatic heterocycles. The van der Waals surface area contributed by atoms with Gasteiger partial charge in [-0.2, -0.15) is 0 Å². The second-order valence-electron chi connectivity index (χ2n) is 9.07. The molecule has 0 unspecified atom stereocenters. The minimum atomic E-state index is -1.01. The molecule has 0 bridgehead atoms. The average Bonchev–Trinajstić information content (AvgIpc) is 3.43. The summed E-state index contributed by atoms with van der Waals surface area (Å²) < 4.78 is 16.9. The topological polar surface area (TPSA) is 158 Å². The highest BCUT2D eigenvalue weighted by Crippen LogP contribution is 2.22. The number of hydrogen-bond acceptors (Lipinski definition) is 8. The summed E-state index contributed by atoms with van der Waals surface area (Å²) in [5.74, 6) is -0.114. The lowest BCUT2D eigenvalue weighted by molar-refractivity contribution is -0.00490. The molecule has 1 heterocycles. The molecular formula is C29H30N6O6. The fourth-order valence-electron chi connectivity index (χ4n) is 4.14. The van der Waals surface area contributed by atoms with Gasteiger partial charge in [0.05, 0.1) is 37.9 Å². The predicted molar refractivity (Wildman–Crippen MR) is 149 cm³/mol. The van der Waals surface area contributed by atoms with Gasteiger partial charge in [-0.3, -0.25) is 5.32 Å². The van der Waals surface area contributed by atoms with E-state index in [2.05, 4.69) is 20.3 Å².